The molecule has 5 N–H and O–H groups in total. The first-order valence-electron chi connectivity index (χ1n) is 6.44. The van der Waals surface area contributed by atoms with Crippen molar-refractivity contribution in [1.29, 1.82) is 0 Å². The van der Waals surface area contributed by atoms with E-state index in [4.69, 9.17) is 10.6 Å². The maximum atomic E-state index is 10.2. The molecule has 0 saturated carbocycles. The van der Waals surface area contributed by atoms with Crippen LogP contribution < -0.4 is 16.6 Å². The Hall–Kier alpha value is -2.30. The number of hydrogen-bond donors (Lipinski definition) is 4. The Balaban J connectivity index is 1.79. The minimum absolute atomic E-state index is 0.214. The Kier molecular flexibility index (Phi) is 3.64. The van der Waals surface area contributed by atoms with Crippen LogP contribution in [-0.4, -0.2) is 55.0 Å². The fourth-order valence-electron chi connectivity index (χ4n) is 1.98. The summed E-state index contributed by atoms with van der Waals surface area (Å²) in [7, 11) is 0. The van der Waals surface area contributed by atoms with Crippen LogP contribution in [-0.2, 0) is 4.74 Å². The normalized spacial score (nSPS) is 21.4. The number of aliphatic hydroxyl groups is 1. The van der Waals surface area contributed by atoms with Gasteiger partial charge < -0.3 is 15.2 Å². The summed E-state index contributed by atoms with van der Waals surface area (Å²) in [6, 6.07) is 0. The van der Waals surface area contributed by atoms with Crippen molar-refractivity contribution in [2.24, 2.45) is 5.84 Å². The van der Waals surface area contributed by atoms with Crippen molar-refractivity contribution >= 4 is 11.9 Å². The Labute approximate surface area is 120 Å². The van der Waals surface area contributed by atoms with Gasteiger partial charge in [-0.15, -0.1) is 0 Å². The summed E-state index contributed by atoms with van der Waals surface area (Å²) in [5.74, 6) is 6.25. The molecule has 21 heavy (non-hydrogen) atoms. The van der Waals surface area contributed by atoms with Crippen molar-refractivity contribution in [3.05, 3.63) is 18.7 Å². The van der Waals surface area contributed by atoms with Crippen LogP contribution in [0.3, 0.4) is 0 Å². The first kappa shape index (κ1) is 13.7. The molecule has 0 aromatic carbocycles. The van der Waals surface area contributed by atoms with Crippen LogP contribution in [0.2, 0.25) is 0 Å². The summed E-state index contributed by atoms with van der Waals surface area (Å²) < 4.78 is 6.81. The van der Waals surface area contributed by atoms with E-state index in [-0.39, 0.29) is 12.5 Å². The van der Waals surface area contributed by atoms with Crippen LogP contribution in [0.15, 0.2) is 18.7 Å². The molecule has 0 aliphatic carbocycles. The second-order valence-electron chi connectivity index (χ2n) is 4.78. The largest absolute Gasteiger partial charge is 0.386 e. The van der Waals surface area contributed by atoms with Gasteiger partial charge in [-0.2, -0.15) is 15.0 Å². The monoisotopic (exact) mass is 292 g/mol. The van der Waals surface area contributed by atoms with Gasteiger partial charge in [0.15, 0.2) is 0 Å². The van der Waals surface area contributed by atoms with Crippen LogP contribution in [0.1, 0.15) is 6.42 Å². The first-order valence-corrected chi connectivity index (χ1v) is 6.44. The van der Waals surface area contributed by atoms with Crippen LogP contribution in [0, 0.1) is 0 Å². The van der Waals surface area contributed by atoms with Crippen LogP contribution in [0.25, 0.3) is 5.95 Å². The molecule has 1 saturated heterocycles. The number of nitrogens with one attached hydrogen (secondary N) is 2. The molecule has 0 radical (unpaired) electrons. The predicted octanol–water partition coefficient (Wildman–Crippen LogP) is -1.09. The van der Waals surface area contributed by atoms with E-state index in [2.05, 4.69) is 30.7 Å². The molecule has 3 heterocycles. The average Bonchev–Trinajstić information content (AvgIpc) is 3.17. The summed E-state index contributed by atoms with van der Waals surface area (Å²) >= 11 is 0. The third-order valence-corrected chi connectivity index (χ3v) is 3.15. The maximum Gasteiger partial charge on any atom is 0.243 e. The number of anilines is 2. The van der Waals surface area contributed by atoms with Gasteiger partial charge in [0.25, 0.3) is 0 Å². The number of nitrogen functional groups attached to an aromatic ring is 1. The molecular formula is C11H16N8O2. The smallest absolute Gasteiger partial charge is 0.243 e. The fourth-order valence-corrected chi connectivity index (χ4v) is 1.98. The molecule has 112 valence electrons. The molecule has 0 bridgehead atoms. The highest BCUT2D eigenvalue weighted by Crippen LogP contribution is 2.18. The van der Waals surface area contributed by atoms with Gasteiger partial charge in [0.1, 0.15) is 11.9 Å². The number of hydrogen-bond acceptors (Lipinski definition) is 9. The third kappa shape index (κ3) is 3.07. The zero-order chi connectivity index (χ0) is 14.7. The molecular weight excluding hydrogens is 276 g/mol. The van der Waals surface area contributed by atoms with E-state index in [1.807, 2.05) is 0 Å². The summed E-state index contributed by atoms with van der Waals surface area (Å²) in [5, 5.41) is 13.2. The standard InChI is InChI=1S/C11H16N8O2/c12-18-9-15-8(14-5-11(20)1-4-21-6-11)16-10(17-9)19-3-2-13-7-19/h2-3,7,20H,1,4-6,12H2,(H2,14,15,16,17,18). The van der Waals surface area contributed by atoms with Crippen molar-refractivity contribution in [3.8, 4) is 5.95 Å². The van der Waals surface area contributed by atoms with Crippen molar-refractivity contribution in [2.75, 3.05) is 30.5 Å². The lowest BCUT2D eigenvalue weighted by Gasteiger charge is -2.20. The SMILES string of the molecule is NNc1nc(NCC2(O)CCOC2)nc(-n2ccnc2)n1. The lowest BCUT2D eigenvalue weighted by molar-refractivity contribution is 0.0380. The van der Waals surface area contributed by atoms with Gasteiger partial charge in [0.05, 0.1) is 6.61 Å². The highest BCUT2D eigenvalue weighted by atomic mass is 16.5. The maximum absolute atomic E-state index is 10.2. The van der Waals surface area contributed by atoms with Crippen molar-refractivity contribution in [3.63, 3.8) is 0 Å². The van der Waals surface area contributed by atoms with Gasteiger partial charge in [0.2, 0.25) is 17.8 Å². The number of hydrazine groups is 1. The van der Waals surface area contributed by atoms with Crippen LogP contribution in [0.4, 0.5) is 11.9 Å². The lowest BCUT2D eigenvalue weighted by atomic mass is 10.0. The molecule has 10 nitrogen and oxygen atoms in total. The van der Waals surface area contributed by atoms with Gasteiger partial charge >= 0.3 is 0 Å². The number of nitrogens with two attached hydrogens (primary N) is 1. The van der Waals surface area contributed by atoms with Crippen molar-refractivity contribution in [1.82, 2.24) is 24.5 Å². The summed E-state index contributed by atoms with van der Waals surface area (Å²) in [6.45, 7) is 1.12. The zero-order valence-electron chi connectivity index (χ0n) is 11.2. The molecule has 1 atom stereocenters. The molecule has 2 aromatic heterocycles. The highest BCUT2D eigenvalue weighted by Gasteiger charge is 2.32. The topological polar surface area (TPSA) is 136 Å². The van der Waals surface area contributed by atoms with E-state index in [0.29, 0.717) is 31.5 Å². The molecule has 1 aliphatic heterocycles. The minimum Gasteiger partial charge on any atom is -0.386 e. The van der Waals surface area contributed by atoms with E-state index in [1.165, 1.54) is 0 Å². The molecule has 2 aromatic rings. The third-order valence-electron chi connectivity index (χ3n) is 3.15. The van der Waals surface area contributed by atoms with Crippen LogP contribution in [0.5, 0.6) is 0 Å². The molecule has 1 unspecified atom stereocenters. The molecule has 1 fully saturated rings. The fraction of sp³-hybridized carbons (Fsp3) is 0.455. The Morgan fingerprint density at radius 3 is 2.90 bits per heavy atom. The predicted molar refractivity (Wildman–Crippen MR) is 73.6 cm³/mol. The van der Waals surface area contributed by atoms with Gasteiger partial charge in [0, 0.05) is 32.0 Å². The zero-order valence-corrected chi connectivity index (χ0v) is 11.2. The van der Waals surface area contributed by atoms with E-state index in [9.17, 15) is 5.11 Å². The van der Waals surface area contributed by atoms with Crippen LogP contribution >= 0.6 is 0 Å². The minimum atomic E-state index is -0.905. The van der Waals surface area contributed by atoms with E-state index >= 15 is 0 Å². The molecule has 0 amide bonds. The number of aromatic nitrogens is 5. The number of rotatable bonds is 5. The highest BCUT2D eigenvalue weighted by molar-refractivity contribution is 5.37. The lowest BCUT2D eigenvalue weighted by Crippen LogP contribution is -2.37. The van der Waals surface area contributed by atoms with E-state index in [0.717, 1.165) is 0 Å². The van der Waals surface area contributed by atoms with Crippen molar-refractivity contribution in [2.45, 2.75) is 12.0 Å². The number of imidazole rings is 1. The summed E-state index contributed by atoms with van der Waals surface area (Å²) in [5.41, 5.74) is 1.48. The van der Waals surface area contributed by atoms with Gasteiger partial charge in [-0.05, 0) is 0 Å². The second-order valence-corrected chi connectivity index (χ2v) is 4.78. The Morgan fingerprint density at radius 1 is 1.38 bits per heavy atom. The first-order chi connectivity index (χ1) is 10.2. The average molecular weight is 292 g/mol. The van der Waals surface area contributed by atoms with Crippen molar-refractivity contribution < 1.29 is 9.84 Å². The van der Waals surface area contributed by atoms with Gasteiger partial charge in [-0.1, -0.05) is 0 Å². The van der Waals surface area contributed by atoms with E-state index < -0.39 is 5.60 Å². The molecule has 0 spiro atoms. The molecule has 3 rings (SSSR count). The Morgan fingerprint density at radius 2 is 2.24 bits per heavy atom. The van der Waals surface area contributed by atoms with Gasteiger partial charge in [-0.25, -0.2) is 10.8 Å². The quantitative estimate of drug-likeness (QED) is 0.400. The number of nitrogens with zero attached hydrogens (tertiary/aromatic N) is 5. The molecule has 1 aliphatic rings. The van der Waals surface area contributed by atoms with E-state index in [1.54, 1.807) is 23.3 Å². The summed E-state index contributed by atoms with van der Waals surface area (Å²) in [4.78, 5) is 16.4. The number of ether oxygens (including phenoxy) is 1. The second kappa shape index (κ2) is 5.60. The summed E-state index contributed by atoms with van der Waals surface area (Å²) in [6.07, 6.45) is 5.46. The molecule has 10 heteroatoms. The Bertz CT molecular complexity index is 596. The van der Waals surface area contributed by atoms with Gasteiger partial charge in [-0.3, -0.25) is 9.99 Å².